The Balaban J connectivity index is 2.20. The molecule has 4 heteroatoms. The van der Waals surface area contributed by atoms with Gasteiger partial charge in [-0.1, -0.05) is 0 Å². The van der Waals surface area contributed by atoms with E-state index in [1.54, 1.807) is 18.4 Å². The van der Waals surface area contributed by atoms with Crippen LogP contribution in [0.2, 0.25) is 0 Å². The molecule has 1 aromatic carbocycles. The molecule has 0 saturated carbocycles. The van der Waals surface area contributed by atoms with Crippen molar-refractivity contribution >= 4 is 22.7 Å². The van der Waals surface area contributed by atoms with Gasteiger partial charge in [-0.2, -0.15) is 0 Å². The maximum atomic E-state index is 5.35. The monoisotopic (exact) mass is 244 g/mol. The van der Waals surface area contributed by atoms with Gasteiger partial charge in [-0.05, 0) is 24.6 Å². The number of rotatable bonds is 2. The highest BCUT2D eigenvalue weighted by atomic mass is 32.1. The molecule has 2 heterocycles. The summed E-state index contributed by atoms with van der Waals surface area (Å²) in [4.78, 5) is 8.93. The Bertz CT molecular complexity index is 588. The van der Waals surface area contributed by atoms with E-state index in [0.717, 1.165) is 28.6 Å². The average Bonchev–Trinajstić information content (AvgIpc) is 2.95. The molecular formula is C13H12N2OS. The number of ether oxygens (including phenoxy) is 1. The van der Waals surface area contributed by atoms with Crippen LogP contribution in [0.25, 0.3) is 10.6 Å². The molecule has 0 amide bonds. The molecule has 3 rings (SSSR count). The van der Waals surface area contributed by atoms with Crippen LogP contribution in [0.4, 0.5) is 5.69 Å². The smallest absolute Gasteiger partial charge is 0.144 e. The van der Waals surface area contributed by atoms with E-state index in [2.05, 4.69) is 16.0 Å². The van der Waals surface area contributed by atoms with Gasteiger partial charge in [0.15, 0.2) is 0 Å². The van der Waals surface area contributed by atoms with Crippen molar-refractivity contribution in [1.29, 1.82) is 0 Å². The van der Waals surface area contributed by atoms with Gasteiger partial charge < -0.3 is 4.74 Å². The van der Waals surface area contributed by atoms with E-state index >= 15 is 0 Å². The van der Waals surface area contributed by atoms with E-state index in [0.29, 0.717) is 0 Å². The molecule has 0 N–H and O–H groups in total. The summed E-state index contributed by atoms with van der Waals surface area (Å²) in [6, 6.07) is 4.04. The number of nitrogens with zero attached hydrogens (tertiary/aromatic N) is 2. The summed E-state index contributed by atoms with van der Waals surface area (Å²) >= 11 is 1.65. The van der Waals surface area contributed by atoms with Crippen LogP contribution in [0.5, 0.6) is 5.75 Å². The minimum atomic E-state index is 0.845. The van der Waals surface area contributed by atoms with E-state index in [9.17, 15) is 0 Å². The van der Waals surface area contributed by atoms with Gasteiger partial charge in [-0.15, -0.1) is 11.3 Å². The predicted molar refractivity (Wildman–Crippen MR) is 70.6 cm³/mol. The fraction of sp³-hybridized carbons (Fsp3) is 0.231. The highest BCUT2D eigenvalue weighted by molar-refractivity contribution is 7.13. The molecule has 86 valence electrons. The summed E-state index contributed by atoms with van der Waals surface area (Å²) in [5, 5.41) is 3.04. The number of benzene rings is 1. The van der Waals surface area contributed by atoms with Crippen molar-refractivity contribution in [2.45, 2.75) is 13.3 Å². The molecule has 17 heavy (non-hydrogen) atoms. The summed E-state index contributed by atoms with van der Waals surface area (Å²) in [6.07, 6.45) is 2.72. The zero-order chi connectivity index (χ0) is 11.8. The molecule has 0 fully saturated rings. The molecule has 0 unspecified atom stereocenters. The van der Waals surface area contributed by atoms with Crippen molar-refractivity contribution in [1.82, 2.24) is 4.98 Å². The second-order valence-corrected chi connectivity index (χ2v) is 4.90. The molecule has 0 atom stereocenters. The Morgan fingerprint density at radius 3 is 2.94 bits per heavy atom. The first-order valence-electron chi connectivity index (χ1n) is 5.43. The van der Waals surface area contributed by atoms with E-state index < -0.39 is 0 Å². The van der Waals surface area contributed by atoms with Crippen LogP contribution in [0.3, 0.4) is 0 Å². The quantitative estimate of drug-likeness (QED) is 0.810. The van der Waals surface area contributed by atoms with Crippen molar-refractivity contribution < 1.29 is 4.74 Å². The van der Waals surface area contributed by atoms with Crippen molar-refractivity contribution in [3.8, 4) is 16.3 Å². The van der Waals surface area contributed by atoms with E-state index in [1.807, 2.05) is 24.6 Å². The Morgan fingerprint density at radius 1 is 1.35 bits per heavy atom. The zero-order valence-corrected chi connectivity index (χ0v) is 10.5. The number of thiazole rings is 1. The third-order valence-corrected chi connectivity index (χ3v) is 3.67. The van der Waals surface area contributed by atoms with Crippen LogP contribution >= 0.6 is 11.3 Å². The van der Waals surface area contributed by atoms with Gasteiger partial charge in [0.25, 0.3) is 0 Å². The predicted octanol–water partition coefficient (Wildman–Crippen LogP) is 3.47. The van der Waals surface area contributed by atoms with Crippen LogP contribution in [-0.2, 0) is 6.42 Å². The molecule has 0 bridgehead atoms. The number of hydrogen-bond acceptors (Lipinski definition) is 4. The van der Waals surface area contributed by atoms with Crippen LogP contribution < -0.4 is 4.74 Å². The number of methoxy groups -OCH3 is 1. The van der Waals surface area contributed by atoms with Crippen LogP contribution in [-0.4, -0.2) is 17.8 Å². The second-order valence-electron chi connectivity index (χ2n) is 4.00. The highest BCUT2D eigenvalue weighted by Crippen LogP contribution is 2.42. The number of hydrogen-bond donors (Lipinski definition) is 0. The molecule has 1 aromatic heterocycles. The second kappa shape index (κ2) is 3.96. The van der Waals surface area contributed by atoms with Gasteiger partial charge >= 0.3 is 0 Å². The molecule has 2 aromatic rings. The van der Waals surface area contributed by atoms with Crippen molar-refractivity contribution in [2.24, 2.45) is 4.99 Å². The summed E-state index contributed by atoms with van der Waals surface area (Å²) < 4.78 is 5.35. The molecule has 0 radical (unpaired) electrons. The van der Waals surface area contributed by atoms with Gasteiger partial charge in [0.1, 0.15) is 16.4 Å². The summed E-state index contributed by atoms with van der Waals surface area (Å²) in [5.41, 5.74) is 4.51. The maximum absolute atomic E-state index is 5.35. The van der Waals surface area contributed by atoms with E-state index in [4.69, 9.17) is 4.74 Å². The Kier molecular flexibility index (Phi) is 2.44. The van der Waals surface area contributed by atoms with Gasteiger partial charge in [0.05, 0.1) is 7.11 Å². The van der Waals surface area contributed by atoms with Gasteiger partial charge in [-0.25, -0.2) is 4.98 Å². The Hall–Kier alpha value is -1.68. The van der Waals surface area contributed by atoms with Crippen LogP contribution in [0.15, 0.2) is 28.7 Å². The van der Waals surface area contributed by atoms with Crippen LogP contribution in [0, 0.1) is 0 Å². The third-order valence-electron chi connectivity index (χ3n) is 2.86. The molecular weight excluding hydrogens is 232 g/mol. The lowest BCUT2D eigenvalue weighted by molar-refractivity contribution is 0.416. The van der Waals surface area contributed by atoms with Crippen LogP contribution in [0.1, 0.15) is 12.5 Å². The zero-order valence-electron chi connectivity index (χ0n) is 9.73. The Morgan fingerprint density at radius 2 is 2.24 bits per heavy atom. The van der Waals surface area contributed by atoms with E-state index in [-0.39, 0.29) is 0 Å². The fourth-order valence-corrected chi connectivity index (χ4v) is 2.81. The lowest BCUT2D eigenvalue weighted by atomic mass is 10.0. The summed E-state index contributed by atoms with van der Waals surface area (Å²) in [7, 11) is 1.68. The maximum Gasteiger partial charge on any atom is 0.144 e. The molecule has 0 spiro atoms. The molecule has 1 aliphatic rings. The molecule has 3 nitrogen and oxygen atoms in total. The van der Waals surface area contributed by atoms with Crippen molar-refractivity contribution in [3.63, 3.8) is 0 Å². The minimum Gasteiger partial charge on any atom is -0.494 e. The number of fused-ring (bicyclic) bond motifs is 1. The number of aromatic nitrogens is 1. The SMILES string of the molecule is COc1ccc(-c2nccs2)c2c1N=C(C)C2. The van der Waals surface area contributed by atoms with Gasteiger partial charge in [-0.3, -0.25) is 4.99 Å². The molecule has 1 aliphatic heterocycles. The lowest BCUT2D eigenvalue weighted by Gasteiger charge is -2.08. The molecule has 0 aliphatic carbocycles. The normalized spacial score (nSPS) is 13.4. The lowest BCUT2D eigenvalue weighted by Crippen LogP contribution is -1.93. The largest absolute Gasteiger partial charge is 0.494 e. The third kappa shape index (κ3) is 1.65. The molecule has 0 saturated heterocycles. The minimum absolute atomic E-state index is 0.845. The first-order valence-corrected chi connectivity index (χ1v) is 6.31. The van der Waals surface area contributed by atoms with Gasteiger partial charge in [0, 0.05) is 29.3 Å². The first kappa shape index (κ1) is 10.5. The Labute approximate surface area is 104 Å². The topological polar surface area (TPSA) is 34.5 Å². The average molecular weight is 244 g/mol. The summed E-state index contributed by atoms with van der Waals surface area (Å²) in [5.74, 6) is 0.845. The summed E-state index contributed by atoms with van der Waals surface area (Å²) in [6.45, 7) is 2.05. The van der Waals surface area contributed by atoms with Crippen molar-refractivity contribution in [3.05, 3.63) is 29.3 Å². The van der Waals surface area contributed by atoms with E-state index in [1.165, 1.54) is 11.1 Å². The highest BCUT2D eigenvalue weighted by Gasteiger charge is 2.21. The fourth-order valence-electron chi connectivity index (χ4n) is 2.12. The van der Waals surface area contributed by atoms with Crippen molar-refractivity contribution in [2.75, 3.05) is 7.11 Å². The number of aliphatic imine (C=N–C) groups is 1. The van der Waals surface area contributed by atoms with Gasteiger partial charge in [0.2, 0.25) is 0 Å². The first-order chi connectivity index (χ1) is 8.29. The standard InChI is InChI=1S/C13H12N2OS/c1-8-7-10-9(13-14-5-6-17-13)3-4-11(16-2)12(10)15-8/h3-6H,7H2,1-2H3.